The second kappa shape index (κ2) is 3.72. The lowest BCUT2D eigenvalue weighted by molar-refractivity contribution is 0.341. The Morgan fingerprint density at radius 2 is 2.17 bits per heavy atom. The van der Waals surface area contributed by atoms with Gasteiger partial charge in [-0.15, -0.1) is 0 Å². The molecule has 0 fully saturated rings. The number of nitrogens with zero attached hydrogens (tertiary/aromatic N) is 2. The Morgan fingerprint density at radius 3 is 2.67 bits per heavy atom. The topological polar surface area (TPSA) is 82.3 Å². The van der Waals surface area contributed by atoms with Crippen LogP contribution in [0.1, 0.15) is 0 Å². The van der Waals surface area contributed by atoms with Crippen molar-refractivity contribution < 1.29 is 9.47 Å². The quantitative estimate of drug-likeness (QED) is 0.482. The Kier molecular flexibility index (Phi) is 2.65. The van der Waals surface area contributed by atoms with Gasteiger partial charge in [0.1, 0.15) is 0 Å². The molecule has 6 heteroatoms. The largest absolute Gasteiger partial charge is 0.490 e. The summed E-state index contributed by atoms with van der Waals surface area (Å²) in [6.45, 7) is 0. The summed E-state index contributed by atoms with van der Waals surface area (Å²) in [7, 11) is 3.00. The van der Waals surface area contributed by atoms with Crippen molar-refractivity contribution in [1.29, 1.82) is 0 Å². The van der Waals surface area contributed by atoms with E-state index in [1.807, 2.05) is 0 Å². The first-order valence-corrected chi connectivity index (χ1v) is 3.23. The van der Waals surface area contributed by atoms with Gasteiger partial charge in [0, 0.05) is 0 Å². The summed E-state index contributed by atoms with van der Waals surface area (Å²) in [4.78, 5) is 7.71. The molecule has 12 heavy (non-hydrogen) atoms. The first kappa shape index (κ1) is 8.54. The van der Waals surface area contributed by atoms with E-state index in [2.05, 4.69) is 15.4 Å². The van der Waals surface area contributed by atoms with Gasteiger partial charge in [-0.05, 0) is 0 Å². The van der Waals surface area contributed by atoms with Gasteiger partial charge in [-0.1, -0.05) is 0 Å². The Hall–Kier alpha value is -1.56. The highest BCUT2D eigenvalue weighted by Gasteiger charge is 2.05. The van der Waals surface area contributed by atoms with E-state index in [-0.39, 0.29) is 5.95 Å². The summed E-state index contributed by atoms with van der Waals surface area (Å²) in [6.07, 6.45) is 1.47. The maximum absolute atomic E-state index is 5.09. The van der Waals surface area contributed by atoms with E-state index in [4.69, 9.17) is 15.3 Å². The van der Waals surface area contributed by atoms with Crippen LogP contribution in [0.15, 0.2) is 6.20 Å². The summed E-state index contributed by atoms with van der Waals surface area (Å²) < 4.78 is 9.82. The first-order valence-electron chi connectivity index (χ1n) is 3.23. The predicted octanol–water partition coefficient (Wildman–Crippen LogP) is -0.221. The minimum Gasteiger partial charge on any atom is -0.490 e. The van der Waals surface area contributed by atoms with E-state index in [0.717, 1.165) is 0 Å². The molecule has 66 valence electrons. The molecule has 0 atom stereocenters. The molecule has 6 nitrogen and oxygen atoms in total. The highest BCUT2D eigenvalue weighted by atomic mass is 16.5. The lowest BCUT2D eigenvalue weighted by Gasteiger charge is -2.06. The van der Waals surface area contributed by atoms with Crippen molar-refractivity contribution in [2.24, 2.45) is 5.84 Å². The van der Waals surface area contributed by atoms with Gasteiger partial charge in [0.05, 0.1) is 20.4 Å². The third-order valence-corrected chi connectivity index (χ3v) is 1.26. The summed E-state index contributed by atoms with van der Waals surface area (Å²) in [5.41, 5.74) is 2.30. The normalized spacial score (nSPS) is 9.25. The maximum Gasteiger partial charge on any atom is 0.261 e. The number of anilines is 1. The molecule has 1 aromatic heterocycles. The van der Waals surface area contributed by atoms with Gasteiger partial charge < -0.3 is 9.47 Å². The number of ether oxygens (including phenoxy) is 2. The Labute approximate surface area is 69.7 Å². The van der Waals surface area contributed by atoms with Gasteiger partial charge >= 0.3 is 0 Å². The molecule has 0 radical (unpaired) electrons. The molecule has 0 aromatic carbocycles. The zero-order valence-electron chi connectivity index (χ0n) is 6.87. The summed E-state index contributed by atoms with van der Waals surface area (Å²) in [6, 6.07) is 0. The SMILES string of the molecule is COc1cnc(NN)nc1OC. The number of aromatic nitrogens is 2. The van der Waals surface area contributed by atoms with Gasteiger partial charge in [-0.2, -0.15) is 4.98 Å². The second-order valence-corrected chi connectivity index (χ2v) is 1.92. The van der Waals surface area contributed by atoms with Crippen LogP contribution in [0.4, 0.5) is 5.95 Å². The fraction of sp³-hybridized carbons (Fsp3) is 0.333. The van der Waals surface area contributed by atoms with Crippen LogP contribution >= 0.6 is 0 Å². The first-order chi connectivity index (χ1) is 5.81. The van der Waals surface area contributed by atoms with E-state index in [1.54, 1.807) is 0 Å². The molecule has 0 aliphatic rings. The number of rotatable bonds is 3. The molecule has 0 bridgehead atoms. The molecule has 0 aliphatic carbocycles. The minimum atomic E-state index is 0.285. The van der Waals surface area contributed by atoms with E-state index < -0.39 is 0 Å². The Balaban J connectivity index is 3.02. The van der Waals surface area contributed by atoms with Crippen molar-refractivity contribution >= 4 is 5.95 Å². The van der Waals surface area contributed by atoms with Gasteiger partial charge in [0.2, 0.25) is 5.95 Å². The van der Waals surface area contributed by atoms with E-state index in [1.165, 1.54) is 20.4 Å². The van der Waals surface area contributed by atoms with Crippen molar-refractivity contribution in [2.45, 2.75) is 0 Å². The van der Waals surface area contributed by atoms with E-state index >= 15 is 0 Å². The number of hydrazine groups is 1. The molecular weight excluding hydrogens is 160 g/mol. The van der Waals surface area contributed by atoms with E-state index in [0.29, 0.717) is 11.6 Å². The highest BCUT2D eigenvalue weighted by molar-refractivity contribution is 5.36. The number of nitrogen functional groups attached to an aromatic ring is 1. The average Bonchev–Trinajstić information content (AvgIpc) is 2.16. The van der Waals surface area contributed by atoms with Crippen molar-refractivity contribution in [3.05, 3.63) is 6.20 Å². The number of hydrogen-bond donors (Lipinski definition) is 2. The highest BCUT2D eigenvalue weighted by Crippen LogP contribution is 2.22. The van der Waals surface area contributed by atoms with Gasteiger partial charge in [-0.3, -0.25) is 5.43 Å². The molecule has 0 saturated heterocycles. The second-order valence-electron chi connectivity index (χ2n) is 1.92. The Morgan fingerprint density at radius 1 is 1.42 bits per heavy atom. The van der Waals surface area contributed by atoms with Crippen LogP contribution in [0.2, 0.25) is 0 Å². The number of hydrogen-bond acceptors (Lipinski definition) is 6. The summed E-state index contributed by atoms with van der Waals surface area (Å²) in [5.74, 6) is 6.20. The monoisotopic (exact) mass is 170 g/mol. The molecule has 1 aromatic rings. The lowest BCUT2D eigenvalue weighted by atomic mass is 10.5. The number of nitrogens with one attached hydrogen (secondary N) is 1. The van der Waals surface area contributed by atoms with Gasteiger partial charge in [0.15, 0.2) is 5.75 Å². The van der Waals surface area contributed by atoms with Crippen molar-refractivity contribution in [2.75, 3.05) is 19.6 Å². The van der Waals surface area contributed by atoms with Crippen molar-refractivity contribution in [1.82, 2.24) is 9.97 Å². The molecule has 0 aliphatic heterocycles. The molecule has 1 rings (SSSR count). The molecule has 0 saturated carbocycles. The fourth-order valence-corrected chi connectivity index (χ4v) is 0.711. The third-order valence-electron chi connectivity index (χ3n) is 1.26. The van der Waals surface area contributed by atoms with Crippen molar-refractivity contribution in [3.8, 4) is 11.6 Å². The van der Waals surface area contributed by atoms with Gasteiger partial charge in [0.25, 0.3) is 5.88 Å². The minimum absolute atomic E-state index is 0.285. The van der Waals surface area contributed by atoms with Crippen LogP contribution in [0.25, 0.3) is 0 Å². The summed E-state index contributed by atoms with van der Waals surface area (Å²) in [5, 5.41) is 0. The average molecular weight is 170 g/mol. The van der Waals surface area contributed by atoms with Crippen LogP contribution in [0.5, 0.6) is 11.6 Å². The number of methoxy groups -OCH3 is 2. The third kappa shape index (κ3) is 1.54. The zero-order chi connectivity index (χ0) is 8.97. The van der Waals surface area contributed by atoms with Crippen LogP contribution in [0, 0.1) is 0 Å². The lowest BCUT2D eigenvalue weighted by Crippen LogP contribution is -2.11. The van der Waals surface area contributed by atoms with Crippen LogP contribution in [0.3, 0.4) is 0 Å². The summed E-state index contributed by atoms with van der Waals surface area (Å²) >= 11 is 0. The van der Waals surface area contributed by atoms with E-state index in [9.17, 15) is 0 Å². The molecular formula is C6H10N4O2. The predicted molar refractivity (Wildman–Crippen MR) is 42.9 cm³/mol. The standard InChI is InChI=1S/C6H10N4O2/c1-11-4-3-8-6(10-7)9-5(4)12-2/h3H,7H2,1-2H3,(H,8,9,10). The molecule has 0 spiro atoms. The van der Waals surface area contributed by atoms with Gasteiger partial charge in [-0.25, -0.2) is 10.8 Å². The molecule has 3 N–H and O–H groups in total. The Bertz CT molecular complexity index is 266. The zero-order valence-corrected chi connectivity index (χ0v) is 6.87. The smallest absolute Gasteiger partial charge is 0.261 e. The van der Waals surface area contributed by atoms with Crippen LogP contribution in [-0.2, 0) is 0 Å². The van der Waals surface area contributed by atoms with Crippen molar-refractivity contribution in [3.63, 3.8) is 0 Å². The molecule has 0 unspecified atom stereocenters. The van der Waals surface area contributed by atoms with Crippen LogP contribution < -0.4 is 20.7 Å². The maximum atomic E-state index is 5.09. The van der Waals surface area contributed by atoms with Crippen LogP contribution in [-0.4, -0.2) is 24.2 Å². The molecule has 1 heterocycles. The fourth-order valence-electron chi connectivity index (χ4n) is 0.711. The molecule has 0 amide bonds. The number of nitrogens with two attached hydrogens (primary N) is 1.